The Labute approximate surface area is 159 Å². The normalized spacial score (nSPS) is 10.5. The molecule has 4 nitrogen and oxygen atoms in total. The molecule has 1 aromatic heterocycles. The minimum absolute atomic E-state index is 0.266. The zero-order valence-electron chi connectivity index (χ0n) is 13.6. The van der Waals surface area contributed by atoms with Crippen molar-refractivity contribution >= 4 is 39.3 Å². The molecule has 0 unspecified atom stereocenters. The average molecular weight is 414 g/mol. The summed E-state index contributed by atoms with van der Waals surface area (Å²) in [6, 6.07) is 17.6. The summed E-state index contributed by atoms with van der Waals surface area (Å²) in [5, 5.41) is 3.41. The van der Waals surface area contributed by atoms with E-state index in [0.29, 0.717) is 15.3 Å². The van der Waals surface area contributed by atoms with Gasteiger partial charge < -0.3 is 5.32 Å². The van der Waals surface area contributed by atoms with Crippen LogP contribution in [0.1, 0.15) is 21.6 Å². The predicted octanol–water partition coefficient (Wildman–Crippen LogP) is 5.09. The van der Waals surface area contributed by atoms with E-state index in [1.165, 1.54) is 22.9 Å². The Balaban J connectivity index is 1.71. The second-order valence-electron chi connectivity index (χ2n) is 5.44. The van der Waals surface area contributed by atoms with Crippen LogP contribution in [0.5, 0.6) is 0 Å². The van der Waals surface area contributed by atoms with Gasteiger partial charge in [0.15, 0.2) is 5.16 Å². The quantitative estimate of drug-likeness (QED) is 0.467. The van der Waals surface area contributed by atoms with Gasteiger partial charge in [-0.1, -0.05) is 59.8 Å². The van der Waals surface area contributed by atoms with E-state index in [2.05, 4.69) is 62.4 Å². The van der Waals surface area contributed by atoms with Gasteiger partial charge in [-0.2, -0.15) is 0 Å². The highest BCUT2D eigenvalue weighted by Gasteiger charge is 2.14. The van der Waals surface area contributed by atoms with Crippen LogP contribution in [0, 0.1) is 6.92 Å². The van der Waals surface area contributed by atoms with Gasteiger partial charge in [-0.15, -0.1) is 0 Å². The Kier molecular flexibility index (Phi) is 5.83. The highest BCUT2D eigenvalue weighted by molar-refractivity contribution is 9.10. The molecule has 0 fully saturated rings. The summed E-state index contributed by atoms with van der Waals surface area (Å²) < 4.78 is 0.570. The van der Waals surface area contributed by atoms with Crippen LogP contribution in [-0.2, 0) is 5.75 Å². The average Bonchev–Trinajstić information content (AvgIpc) is 2.63. The van der Waals surface area contributed by atoms with Gasteiger partial charge in [-0.25, -0.2) is 9.97 Å². The maximum atomic E-state index is 12.5. The molecule has 1 heterocycles. The molecule has 3 aromatic rings. The SMILES string of the molecule is Cc1ccc(CSc2ncc(Br)c(C(=O)Nc3ccccc3)n2)cc1. The molecule has 0 saturated carbocycles. The second-order valence-corrected chi connectivity index (χ2v) is 7.24. The first kappa shape index (κ1) is 17.6. The molecule has 0 bridgehead atoms. The third-order valence-electron chi connectivity index (χ3n) is 3.46. The minimum atomic E-state index is -0.266. The topological polar surface area (TPSA) is 54.9 Å². The molecule has 6 heteroatoms. The zero-order chi connectivity index (χ0) is 17.6. The lowest BCUT2D eigenvalue weighted by molar-refractivity contribution is 0.102. The van der Waals surface area contributed by atoms with Crippen molar-refractivity contribution in [2.75, 3.05) is 5.32 Å². The number of thioether (sulfide) groups is 1. The van der Waals surface area contributed by atoms with Crippen LogP contribution in [0.3, 0.4) is 0 Å². The Morgan fingerprint density at radius 3 is 2.56 bits per heavy atom. The molecule has 1 amide bonds. The number of halogens is 1. The van der Waals surface area contributed by atoms with Crippen molar-refractivity contribution in [2.24, 2.45) is 0 Å². The largest absolute Gasteiger partial charge is 0.321 e. The van der Waals surface area contributed by atoms with Crippen LogP contribution < -0.4 is 5.32 Å². The van der Waals surface area contributed by atoms with Gasteiger partial charge in [0.2, 0.25) is 0 Å². The van der Waals surface area contributed by atoms with E-state index in [1.54, 1.807) is 6.20 Å². The molecule has 2 aromatic carbocycles. The van der Waals surface area contributed by atoms with Crippen LogP contribution in [0.2, 0.25) is 0 Å². The first-order valence-electron chi connectivity index (χ1n) is 7.69. The molecule has 0 atom stereocenters. The highest BCUT2D eigenvalue weighted by atomic mass is 79.9. The number of anilines is 1. The second kappa shape index (κ2) is 8.27. The molecule has 0 saturated heterocycles. The van der Waals surface area contributed by atoms with Crippen molar-refractivity contribution in [1.82, 2.24) is 9.97 Å². The Hall–Kier alpha value is -2.18. The number of carbonyl (C=O) groups excluding carboxylic acids is 1. The fourth-order valence-corrected chi connectivity index (χ4v) is 3.27. The van der Waals surface area contributed by atoms with E-state index in [0.717, 1.165) is 11.4 Å². The predicted molar refractivity (Wildman–Crippen MR) is 105 cm³/mol. The molecule has 0 spiro atoms. The lowest BCUT2D eigenvalue weighted by atomic mass is 10.2. The summed E-state index contributed by atoms with van der Waals surface area (Å²) in [6.07, 6.45) is 1.62. The van der Waals surface area contributed by atoms with Gasteiger partial charge in [0, 0.05) is 17.6 Å². The Bertz CT molecular complexity index is 870. The zero-order valence-corrected chi connectivity index (χ0v) is 16.0. The standard InChI is InChI=1S/C19H16BrN3OS/c1-13-7-9-14(10-8-13)12-25-19-21-11-16(20)17(23-19)18(24)22-15-5-3-2-4-6-15/h2-11H,12H2,1H3,(H,22,24). The number of nitrogens with one attached hydrogen (secondary N) is 1. The van der Waals surface area contributed by atoms with E-state index in [1.807, 2.05) is 30.3 Å². The smallest absolute Gasteiger partial charge is 0.275 e. The van der Waals surface area contributed by atoms with Crippen molar-refractivity contribution in [3.63, 3.8) is 0 Å². The first-order chi connectivity index (χ1) is 12.1. The molecular weight excluding hydrogens is 398 g/mol. The minimum Gasteiger partial charge on any atom is -0.321 e. The number of nitrogens with zero attached hydrogens (tertiary/aromatic N) is 2. The van der Waals surface area contributed by atoms with Gasteiger partial charge in [-0.3, -0.25) is 4.79 Å². The molecule has 0 radical (unpaired) electrons. The van der Waals surface area contributed by atoms with Crippen molar-refractivity contribution < 1.29 is 4.79 Å². The molecule has 0 aliphatic carbocycles. The van der Waals surface area contributed by atoms with Crippen LogP contribution in [0.4, 0.5) is 5.69 Å². The summed E-state index contributed by atoms with van der Waals surface area (Å²) in [5.41, 5.74) is 3.48. The summed E-state index contributed by atoms with van der Waals surface area (Å²) in [4.78, 5) is 21.1. The van der Waals surface area contributed by atoms with E-state index >= 15 is 0 Å². The number of para-hydroxylation sites is 1. The van der Waals surface area contributed by atoms with E-state index < -0.39 is 0 Å². The summed E-state index contributed by atoms with van der Waals surface area (Å²) >= 11 is 4.86. The van der Waals surface area contributed by atoms with E-state index in [9.17, 15) is 4.79 Å². The maximum Gasteiger partial charge on any atom is 0.275 e. The van der Waals surface area contributed by atoms with Crippen molar-refractivity contribution in [1.29, 1.82) is 0 Å². The number of aromatic nitrogens is 2. The lowest BCUT2D eigenvalue weighted by Crippen LogP contribution is -2.15. The van der Waals surface area contributed by atoms with Crippen molar-refractivity contribution in [2.45, 2.75) is 17.8 Å². The fraction of sp³-hybridized carbons (Fsp3) is 0.105. The molecule has 0 aliphatic heterocycles. The molecule has 25 heavy (non-hydrogen) atoms. The van der Waals surface area contributed by atoms with Crippen LogP contribution in [-0.4, -0.2) is 15.9 Å². The van der Waals surface area contributed by atoms with Gasteiger partial charge >= 0.3 is 0 Å². The summed E-state index contributed by atoms with van der Waals surface area (Å²) in [5.74, 6) is 0.486. The van der Waals surface area contributed by atoms with Crippen LogP contribution in [0.25, 0.3) is 0 Å². The Morgan fingerprint density at radius 2 is 1.84 bits per heavy atom. The highest BCUT2D eigenvalue weighted by Crippen LogP contribution is 2.23. The van der Waals surface area contributed by atoms with Gasteiger partial charge in [0.1, 0.15) is 5.69 Å². The third-order valence-corrected chi connectivity index (χ3v) is 4.97. The molecular formula is C19H16BrN3OS. The number of benzene rings is 2. The number of rotatable bonds is 5. The molecule has 3 rings (SSSR count). The van der Waals surface area contributed by atoms with Gasteiger partial charge in [-0.05, 0) is 40.5 Å². The van der Waals surface area contributed by atoms with E-state index in [4.69, 9.17) is 0 Å². The van der Waals surface area contributed by atoms with Crippen LogP contribution >= 0.6 is 27.7 Å². The monoisotopic (exact) mass is 413 g/mol. The summed E-state index contributed by atoms with van der Waals surface area (Å²) in [7, 11) is 0. The van der Waals surface area contributed by atoms with Crippen molar-refractivity contribution in [3.05, 3.63) is 82.1 Å². The number of aryl methyl sites for hydroxylation is 1. The lowest BCUT2D eigenvalue weighted by Gasteiger charge is -2.07. The number of hydrogen-bond donors (Lipinski definition) is 1. The number of hydrogen-bond acceptors (Lipinski definition) is 4. The van der Waals surface area contributed by atoms with Crippen molar-refractivity contribution in [3.8, 4) is 0 Å². The number of amides is 1. The maximum absolute atomic E-state index is 12.5. The number of carbonyl (C=O) groups is 1. The van der Waals surface area contributed by atoms with Gasteiger partial charge in [0.05, 0.1) is 4.47 Å². The third kappa shape index (κ3) is 4.90. The molecule has 0 aliphatic rings. The van der Waals surface area contributed by atoms with Gasteiger partial charge in [0.25, 0.3) is 5.91 Å². The Morgan fingerprint density at radius 1 is 1.12 bits per heavy atom. The first-order valence-corrected chi connectivity index (χ1v) is 9.47. The molecule has 126 valence electrons. The van der Waals surface area contributed by atoms with E-state index in [-0.39, 0.29) is 5.91 Å². The summed E-state index contributed by atoms with van der Waals surface area (Å²) in [6.45, 7) is 2.06. The molecule has 1 N–H and O–H groups in total. The fourth-order valence-electron chi connectivity index (χ4n) is 2.12. The van der Waals surface area contributed by atoms with Crippen LogP contribution in [0.15, 0.2) is 70.4 Å².